The molecule has 0 aliphatic carbocycles. The van der Waals surface area contributed by atoms with Gasteiger partial charge in [0.15, 0.2) is 0 Å². The van der Waals surface area contributed by atoms with Gasteiger partial charge in [0, 0.05) is 10.7 Å². The fraction of sp³-hybridized carbons (Fsp3) is 0. The van der Waals surface area contributed by atoms with Crippen LogP contribution < -0.4 is 5.32 Å². The summed E-state index contributed by atoms with van der Waals surface area (Å²) in [6.07, 6.45) is 1.75. The van der Waals surface area contributed by atoms with Gasteiger partial charge in [-0.3, -0.25) is 4.98 Å². The number of fused-ring (bicyclic) bond motifs is 1. The minimum Gasteiger partial charge on any atom is -0.315 e. The van der Waals surface area contributed by atoms with Crippen LogP contribution >= 0.6 is 27.3 Å². The number of nitrogens with one attached hydrogen (secondary N) is 1. The van der Waals surface area contributed by atoms with E-state index in [-0.39, 0.29) is 0 Å². The summed E-state index contributed by atoms with van der Waals surface area (Å²) >= 11 is 4.80. The van der Waals surface area contributed by atoms with Crippen molar-refractivity contribution in [2.75, 3.05) is 5.32 Å². The number of pyridine rings is 2. The Hall–Kier alpha value is -1.60. The summed E-state index contributed by atoms with van der Waals surface area (Å²) in [4.78, 5) is 8.70. The zero-order valence-corrected chi connectivity index (χ0v) is 10.9. The highest BCUT2D eigenvalue weighted by Gasteiger charge is 2.02. The van der Waals surface area contributed by atoms with Crippen molar-refractivity contribution in [2.45, 2.75) is 0 Å². The highest BCUT2D eigenvalue weighted by atomic mass is 79.9. The van der Waals surface area contributed by atoms with Gasteiger partial charge in [-0.25, -0.2) is 4.98 Å². The molecule has 0 fully saturated rings. The van der Waals surface area contributed by atoms with E-state index in [4.69, 9.17) is 0 Å². The average Bonchev–Trinajstić information content (AvgIpc) is 2.81. The third-order valence-electron chi connectivity index (χ3n) is 2.10. The van der Waals surface area contributed by atoms with Gasteiger partial charge in [0.1, 0.15) is 11.3 Å². The molecule has 0 unspecified atom stereocenters. The molecule has 0 aliphatic rings. The number of aromatic nitrogens is 4. The van der Waals surface area contributed by atoms with Crippen LogP contribution in [0.5, 0.6) is 0 Å². The van der Waals surface area contributed by atoms with Crippen molar-refractivity contribution < 1.29 is 0 Å². The van der Waals surface area contributed by atoms with E-state index in [1.54, 1.807) is 11.7 Å². The first-order chi connectivity index (χ1) is 8.31. The Bertz CT molecular complexity index is 655. The molecule has 5 nitrogen and oxygen atoms in total. The van der Waals surface area contributed by atoms with E-state index < -0.39 is 0 Å². The smallest absolute Gasteiger partial charge is 0.210 e. The van der Waals surface area contributed by atoms with E-state index in [0.717, 1.165) is 26.5 Å². The lowest BCUT2D eigenvalue weighted by molar-refractivity contribution is 1.09. The summed E-state index contributed by atoms with van der Waals surface area (Å²) < 4.78 is 0.908. The predicted octanol–water partition coefficient (Wildman–Crippen LogP) is 2.99. The molecule has 3 heterocycles. The van der Waals surface area contributed by atoms with Gasteiger partial charge in [0.25, 0.3) is 0 Å². The molecule has 0 amide bonds. The van der Waals surface area contributed by atoms with Crippen molar-refractivity contribution >= 4 is 49.2 Å². The molecule has 0 saturated carbocycles. The lowest BCUT2D eigenvalue weighted by atomic mass is 10.3. The maximum atomic E-state index is 4.45. The summed E-state index contributed by atoms with van der Waals surface area (Å²) in [5, 5.41) is 11.5. The lowest BCUT2D eigenvalue weighted by Gasteiger charge is -2.02. The Morgan fingerprint density at radius 3 is 3.00 bits per heavy atom. The maximum Gasteiger partial charge on any atom is 0.210 e. The van der Waals surface area contributed by atoms with Crippen LogP contribution in [0.3, 0.4) is 0 Å². The first kappa shape index (κ1) is 10.5. The van der Waals surface area contributed by atoms with Crippen molar-refractivity contribution in [3.05, 3.63) is 34.4 Å². The zero-order valence-electron chi connectivity index (χ0n) is 8.46. The minimum atomic E-state index is 0.722. The number of rotatable bonds is 2. The topological polar surface area (TPSA) is 63.6 Å². The van der Waals surface area contributed by atoms with E-state index in [0.29, 0.717) is 0 Å². The summed E-state index contributed by atoms with van der Waals surface area (Å²) in [5.74, 6) is 0.731. The standard InChI is InChI=1S/C10H6BrN5S/c11-6-3-8-7(12-4-6)1-2-9(14-8)15-10-16-13-5-17-10/h1-5H,(H,14,15,16). The number of hydrogen-bond acceptors (Lipinski definition) is 6. The Balaban J connectivity index is 2.01. The summed E-state index contributed by atoms with van der Waals surface area (Å²) in [6, 6.07) is 5.70. The number of hydrogen-bond donors (Lipinski definition) is 1. The second kappa shape index (κ2) is 4.34. The van der Waals surface area contributed by atoms with E-state index in [9.17, 15) is 0 Å². The van der Waals surface area contributed by atoms with Crippen LogP contribution in [0.1, 0.15) is 0 Å². The molecule has 3 aromatic heterocycles. The highest BCUT2D eigenvalue weighted by Crippen LogP contribution is 2.20. The minimum absolute atomic E-state index is 0.722. The van der Waals surface area contributed by atoms with Crippen LogP contribution in [0.25, 0.3) is 11.0 Å². The van der Waals surface area contributed by atoms with Crippen molar-refractivity contribution in [2.24, 2.45) is 0 Å². The molecule has 0 aromatic carbocycles. The van der Waals surface area contributed by atoms with Gasteiger partial charge >= 0.3 is 0 Å². The quantitative estimate of drug-likeness (QED) is 0.788. The maximum absolute atomic E-state index is 4.45. The molecule has 3 rings (SSSR count). The molecular weight excluding hydrogens is 302 g/mol. The molecule has 0 spiro atoms. The van der Waals surface area contributed by atoms with E-state index in [1.807, 2.05) is 18.2 Å². The Kier molecular flexibility index (Phi) is 2.69. The van der Waals surface area contributed by atoms with Crippen LogP contribution in [-0.4, -0.2) is 20.2 Å². The van der Waals surface area contributed by atoms with Gasteiger partial charge in [0.05, 0.1) is 11.0 Å². The second-order valence-electron chi connectivity index (χ2n) is 3.26. The first-order valence-electron chi connectivity index (χ1n) is 4.77. The van der Waals surface area contributed by atoms with Gasteiger partial charge in [0.2, 0.25) is 5.13 Å². The van der Waals surface area contributed by atoms with Gasteiger partial charge < -0.3 is 5.32 Å². The van der Waals surface area contributed by atoms with E-state index in [2.05, 4.69) is 41.4 Å². The molecule has 84 valence electrons. The lowest BCUT2D eigenvalue weighted by Crippen LogP contribution is -1.94. The van der Waals surface area contributed by atoms with Gasteiger partial charge in [-0.2, -0.15) is 0 Å². The fourth-order valence-corrected chi connectivity index (χ4v) is 2.16. The van der Waals surface area contributed by atoms with Crippen molar-refractivity contribution in [3.63, 3.8) is 0 Å². The fourth-order valence-electron chi connectivity index (χ4n) is 1.39. The second-order valence-corrected chi connectivity index (χ2v) is 5.01. The molecular formula is C10H6BrN5S. The van der Waals surface area contributed by atoms with Crippen molar-refractivity contribution in [1.29, 1.82) is 0 Å². The average molecular weight is 308 g/mol. The summed E-state index contributed by atoms with van der Waals surface area (Å²) in [7, 11) is 0. The Morgan fingerprint density at radius 1 is 1.24 bits per heavy atom. The van der Waals surface area contributed by atoms with Crippen LogP contribution in [0.2, 0.25) is 0 Å². The molecule has 0 aliphatic heterocycles. The van der Waals surface area contributed by atoms with Crippen LogP contribution in [-0.2, 0) is 0 Å². The van der Waals surface area contributed by atoms with Crippen LogP contribution in [0.4, 0.5) is 10.9 Å². The molecule has 0 radical (unpaired) electrons. The van der Waals surface area contributed by atoms with Crippen LogP contribution in [0, 0.1) is 0 Å². The normalized spacial score (nSPS) is 10.6. The molecule has 3 aromatic rings. The largest absolute Gasteiger partial charge is 0.315 e. The molecule has 0 saturated heterocycles. The number of anilines is 2. The summed E-state index contributed by atoms with van der Waals surface area (Å²) in [6.45, 7) is 0. The van der Waals surface area contributed by atoms with Crippen molar-refractivity contribution in [1.82, 2.24) is 20.2 Å². The Morgan fingerprint density at radius 2 is 2.18 bits per heavy atom. The molecule has 7 heteroatoms. The number of halogens is 1. The van der Waals surface area contributed by atoms with E-state index >= 15 is 0 Å². The van der Waals surface area contributed by atoms with Crippen LogP contribution in [0.15, 0.2) is 34.4 Å². The number of nitrogens with zero attached hydrogens (tertiary/aromatic N) is 4. The van der Waals surface area contributed by atoms with E-state index in [1.165, 1.54) is 11.3 Å². The van der Waals surface area contributed by atoms with Gasteiger partial charge in [-0.05, 0) is 34.1 Å². The van der Waals surface area contributed by atoms with Gasteiger partial charge in [-0.15, -0.1) is 10.2 Å². The molecule has 17 heavy (non-hydrogen) atoms. The zero-order chi connectivity index (χ0) is 11.7. The monoisotopic (exact) mass is 307 g/mol. The first-order valence-corrected chi connectivity index (χ1v) is 6.44. The summed E-state index contributed by atoms with van der Waals surface area (Å²) in [5.41, 5.74) is 3.35. The molecule has 0 bridgehead atoms. The Labute approximate surface area is 109 Å². The SMILES string of the molecule is Brc1cnc2ccc(Nc3nncs3)nc2c1. The van der Waals surface area contributed by atoms with Crippen molar-refractivity contribution in [3.8, 4) is 0 Å². The third-order valence-corrected chi connectivity index (χ3v) is 3.14. The molecule has 1 N–H and O–H groups in total. The molecule has 0 atom stereocenters. The van der Waals surface area contributed by atoms with Gasteiger partial charge in [-0.1, -0.05) is 11.3 Å². The third kappa shape index (κ3) is 2.25. The predicted molar refractivity (Wildman–Crippen MR) is 70.4 cm³/mol. The highest BCUT2D eigenvalue weighted by molar-refractivity contribution is 9.10.